The van der Waals surface area contributed by atoms with E-state index in [1.54, 1.807) is 37.5 Å². The van der Waals surface area contributed by atoms with Crippen molar-refractivity contribution in [2.24, 2.45) is 0 Å². The second-order valence-corrected chi connectivity index (χ2v) is 7.43. The number of rotatable bonds is 6. The summed E-state index contributed by atoms with van der Waals surface area (Å²) in [6.45, 7) is 4.79. The largest absolute Gasteiger partial charge is 0.359 e. The Labute approximate surface area is 161 Å². The van der Waals surface area contributed by atoms with Gasteiger partial charge in [0, 0.05) is 42.3 Å². The van der Waals surface area contributed by atoms with E-state index in [-0.39, 0.29) is 17.1 Å². The molecule has 2 N–H and O–H groups in total. The van der Waals surface area contributed by atoms with E-state index < -0.39 is 0 Å². The molecule has 1 amide bonds. The Hall–Kier alpha value is -2.87. The zero-order valence-corrected chi connectivity index (χ0v) is 16.1. The van der Waals surface area contributed by atoms with E-state index in [0.717, 1.165) is 11.1 Å². The van der Waals surface area contributed by atoms with Crippen LogP contribution >= 0.6 is 11.5 Å². The number of halogens is 1. The fraction of sp³-hybridized carbons (Fsp3) is 0.263. The van der Waals surface area contributed by atoms with E-state index in [4.69, 9.17) is 0 Å². The molecule has 0 aliphatic rings. The minimum Gasteiger partial charge on any atom is -0.359 e. The molecule has 2 heterocycles. The molecule has 2 aromatic heterocycles. The number of hydrogen-bond acceptors (Lipinski definition) is 6. The lowest BCUT2D eigenvalue weighted by Gasteiger charge is -2.25. The van der Waals surface area contributed by atoms with Gasteiger partial charge in [0.25, 0.3) is 5.91 Å². The van der Waals surface area contributed by atoms with Crippen molar-refractivity contribution in [1.29, 1.82) is 0 Å². The summed E-state index contributed by atoms with van der Waals surface area (Å²) in [5, 5.41) is 6.51. The van der Waals surface area contributed by atoms with Crippen molar-refractivity contribution in [3.05, 3.63) is 59.7 Å². The molecule has 1 aromatic carbocycles. The molecule has 0 aliphatic heterocycles. The van der Waals surface area contributed by atoms with E-state index >= 15 is 0 Å². The molecule has 0 radical (unpaired) electrons. The normalized spacial score (nSPS) is 11.3. The lowest BCUT2D eigenvalue weighted by atomic mass is 9.85. The van der Waals surface area contributed by atoms with Crippen molar-refractivity contribution in [3.63, 3.8) is 0 Å². The molecule has 0 bridgehead atoms. The van der Waals surface area contributed by atoms with Gasteiger partial charge in [-0.3, -0.25) is 9.78 Å². The summed E-state index contributed by atoms with van der Waals surface area (Å²) in [6.07, 6.45) is 1.58. The topological polar surface area (TPSA) is 79.8 Å². The van der Waals surface area contributed by atoms with E-state index in [2.05, 4.69) is 38.8 Å². The third kappa shape index (κ3) is 4.46. The maximum absolute atomic E-state index is 13.1. The minimum atomic E-state index is -0.243. The number of carbonyl (C=O) groups is 1. The highest BCUT2D eigenvalue weighted by molar-refractivity contribution is 7.09. The van der Waals surface area contributed by atoms with Gasteiger partial charge < -0.3 is 10.6 Å². The van der Waals surface area contributed by atoms with Gasteiger partial charge in [-0.1, -0.05) is 26.0 Å². The predicted octanol–water partition coefficient (Wildman–Crippen LogP) is 3.49. The van der Waals surface area contributed by atoms with E-state index in [1.807, 2.05) is 0 Å². The lowest BCUT2D eigenvalue weighted by molar-refractivity contribution is 0.0958. The van der Waals surface area contributed by atoms with Crippen LogP contribution in [0.1, 0.15) is 29.9 Å². The van der Waals surface area contributed by atoms with Gasteiger partial charge in [0.2, 0.25) is 5.13 Å². The van der Waals surface area contributed by atoms with Gasteiger partial charge in [-0.05, 0) is 29.8 Å². The number of pyridine rings is 1. The van der Waals surface area contributed by atoms with Crippen molar-refractivity contribution in [2.45, 2.75) is 19.3 Å². The van der Waals surface area contributed by atoms with Gasteiger partial charge in [0.15, 0.2) is 5.82 Å². The van der Waals surface area contributed by atoms with Crippen molar-refractivity contribution in [1.82, 2.24) is 19.7 Å². The molecular formula is C19H20FN5OS. The molecule has 27 heavy (non-hydrogen) atoms. The molecule has 0 aliphatic carbocycles. The zero-order chi connectivity index (χ0) is 19.4. The first-order valence-corrected chi connectivity index (χ1v) is 9.18. The van der Waals surface area contributed by atoms with Crippen molar-refractivity contribution >= 4 is 22.6 Å². The smallest absolute Gasteiger partial charge is 0.269 e. The molecule has 6 nitrogen and oxygen atoms in total. The van der Waals surface area contributed by atoms with E-state index in [9.17, 15) is 9.18 Å². The number of benzene rings is 1. The molecule has 3 rings (SSSR count). The number of nitrogens with zero attached hydrogens (tertiary/aromatic N) is 3. The second kappa shape index (κ2) is 7.79. The second-order valence-electron chi connectivity index (χ2n) is 6.68. The molecule has 0 saturated carbocycles. The first kappa shape index (κ1) is 18.9. The Balaban J connectivity index is 1.67. The number of amides is 1. The molecule has 0 saturated heterocycles. The third-order valence-electron chi connectivity index (χ3n) is 4.21. The van der Waals surface area contributed by atoms with Gasteiger partial charge in [-0.25, -0.2) is 4.39 Å². The quantitative estimate of drug-likeness (QED) is 0.679. The molecule has 8 heteroatoms. The summed E-state index contributed by atoms with van der Waals surface area (Å²) in [6, 6.07) is 9.93. The number of carbonyl (C=O) groups excluding carboxylic acids is 1. The van der Waals surface area contributed by atoms with E-state index in [0.29, 0.717) is 23.2 Å². The van der Waals surface area contributed by atoms with Crippen LogP contribution in [0.25, 0.3) is 11.4 Å². The average Bonchev–Trinajstić information content (AvgIpc) is 3.15. The molecule has 0 unspecified atom stereocenters. The molecular weight excluding hydrogens is 365 g/mol. The summed E-state index contributed by atoms with van der Waals surface area (Å²) in [5.41, 5.74) is 1.92. The Morgan fingerprint density at radius 2 is 1.93 bits per heavy atom. The number of nitrogens with one attached hydrogen (secondary N) is 2. The Bertz CT molecular complexity index is 922. The van der Waals surface area contributed by atoms with Crippen LogP contribution < -0.4 is 10.6 Å². The number of aromatic nitrogens is 3. The summed E-state index contributed by atoms with van der Waals surface area (Å²) < 4.78 is 17.5. The van der Waals surface area contributed by atoms with Gasteiger partial charge in [-0.15, -0.1) is 0 Å². The molecule has 0 atom stereocenters. The average molecular weight is 385 g/mol. The SMILES string of the molecule is CNC(=O)c1ccc(-c2nsc(NCC(C)(C)c3ccc(F)cc3)n2)cn1. The molecule has 140 valence electrons. The highest BCUT2D eigenvalue weighted by Gasteiger charge is 2.21. The van der Waals surface area contributed by atoms with Crippen LogP contribution in [0.3, 0.4) is 0 Å². The summed E-state index contributed by atoms with van der Waals surface area (Å²) >= 11 is 1.26. The maximum atomic E-state index is 13.1. The van der Waals surface area contributed by atoms with Gasteiger partial charge >= 0.3 is 0 Å². The summed E-state index contributed by atoms with van der Waals surface area (Å²) in [5.74, 6) is 0.0727. The fourth-order valence-corrected chi connectivity index (χ4v) is 3.08. The Morgan fingerprint density at radius 3 is 2.56 bits per heavy atom. The number of hydrogen-bond donors (Lipinski definition) is 2. The van der Waals surface area contributed by atoms with Crippen molar-refractivity contribution in [2.75, 3.05) is 18.9 Å². The van der Waals surface area contributed by atoms with E-state index in [1.165, 1.54) is 23.7 Å². The number of anilines is 1. The molecule has 3 aromatic rings. The minimum absolute atomic E-state index is 0.198. The predicted molar refractivity (Wildman–Crippen MR) is 104 cm³/mol. The first-order chi connectivity index (χ1) is 12.9. The third-order valence-corrected chi connectivity index (χ3v) is 4.89. The van der Waals surface area contributed by atoms with Gasteiger partial charge in [0.05, 0.1) is 0 Å². The van der Waals surface area contributed by atoms with Crippen LogP contribution in [0.15, 0.2) is 42.6 Å². The Morgan fingerprint density at radius 1 is 1.19 bits per heavy atom. The van der Waals surface area contributed by atoms with Crippen LogP contribution in [-0.2, 0) is 5.41 Å². The maximum Gasteiger partial charge on any atom is 0.269 e. The van der Waals surface area contributed by atoms with Crippen LogP contribution in [-0.4, -0.2) is 33.8 Å². The van der Waals surface area contributed by atoms with Gasteiger partial charge in [-0.2, -0.15) is 9.36 Å². The monoisotopic (exact) mass is 385 g/mol. The highest BCUT2D eigenvalue weighted by atomic mass is 32.1. The summed E-state index contributed by atoms with van der Waals surface area (Å²) in [4.78, 5) is 20.2. The summed E-state index contributed by atoms with van der Waals surface area (Å²) in [7, 11) is 1.56. The Kier molecular flexibility index (Phi) is 5.46. The molecule has 0 spiro atoms. The van der Waals surface area contributed by atoms with Crippen molar-refractivity contribution < 1.29 is 9.18 Å². The molecule has 0 fully saturated rings. The van der Waals surface area contributed by atoms with Crippen LogP contribution in [0.4, 0.5) is 9.52 Å². The van der Waals surface area contributed by atoms with Crippen LogP contribution in [0.5, 0.6) is 0 Å². The zero-order valence-electron chi connectivity index (χ0n) is 15.3. The lowest BCUT2D eigenvalue weighted by Crippen LogP contribution is -2.27. The van der Waals surface area contributed by atoms with Gasteiger partial charge in [0.1, 0.15) is 11.5 Å². The van der Waals surface area contributed by atoms with Crippen LogP contribution in [0.2, 0.25) is 0 Å². The fourth-order valence-electron chi connectivity index (χ4n) is 2.50. The van der Waals surface area contributed by atoms with Crippen LogP contribution in [0, 0.1) is 5.82 Å². The highest BCUT2D eigenvalue weighted by Crippen LogP contribution is 2.26. The van der Waals surface area contributed by atoms with Crippen molar-refractivity contribution in [3.8, 4) is 11.4 Å². The standard InChI is InChI=1S/C19H20FN5OS/c1-19(2,13-5-7-14(20)8-6-13)11-23-18-24-16(25-27-18)12-4-9-15(22-10-12)17(26)21-3/h4-10H,11H2,1-3H3,(H,21,26)(H,23,24,25). The first-order valence-electron chi connectivity index (χ1n) is 8.41.